The van der Waals surface area contributed by atoms with Crippen molar-refractivity contribution in [2.24, 2.45) is 5.92 Å². The molecule has 0 radical (unpaired) electrons. The monoisotopic (exact) mass is 301 g/mol. The summed E-state index contributed by atoms with van der Waals surface area (Å²) in [6.07, 6.45) is -2.58. The van der Waals surface area contributed by atoms with Gasteiger partial charge in [0.2, 0.25) is 0 Å². The minimum Gasteiger partial charge on any atom is -0.371 e. The summed E-state index contributed by atoms with van der Waals surface area (Å²) in [5, 5.41) is 1.61. The Morgan fingerprint density at radius 2 is 1.81 bits per heavy atom. The van der Waals surface area contributed by atoms with Crippen LogP contribution in [-0.2, 0) is 15.8 Å². The smallest absolute Gasteiger partial charge is 0.371 e. The first-order chi connectivity index (χ1) is 9.91. The van der Waals surface area contributed by atoms with E-state index in [2.05, 4.69) is 0 Å². The van der Waals surface area contributed by atoms with Crippen molar-refractivity contribution in [1.82, 2.24) is 5.06 Å². The van der Waals surface area contributed by atoms with Gasteiger partial charge in [0.05, 0.1) is 5.56 Å². The Hall–Kier alpha value is -1.56. The van der Waals surface area contributed by atoms with Crippen LogP contribution in [0.15, 0.2) is 24.3 Å². The maximum Gasteiger partial charge on any atom is 0.416 e. The average Bonchev–Trinajstić information content (AvgIpc) is 2.47. The number of carbonyl (C=O) groups excluding carboxylic acids is 1. The summed E-state index contributed by atoms with van der Waals surface area (Å²) in [7, 11) is 0. The fraction of sp³-hybridized carbons (Fsp3) is 0.533. The number of piperidine rings is 1. The van der Waals surface area contributed by atoms with Crippen molar-refractivity contribution < 1.29 is 22.8 Å². The maximum atomic E-state index is 12.5. The van der Waals surface area contributed by atoms with Crippen molar-refractivity contribution in [3.05, 3.63) is 35.4 Å². The van der Waals surface area contributed by atoms with Gasteiger partial charge in [-0.25, -0.2) is 0 Å². The van der Waals surface area contributed by atoms with E-state index in [1.165, 1.54) is 0 Å². The van der Waals surface area contributed by atoms with Crippen LogP contribution >= 0.6 is 0 Å². The van der Waals surface area contributed by atoms with Crippen molar-refractivity contribution in [2.75, 3.05) is 13.1 Å². The van der Waals surface area contributed by atoms with Gasteiger partial charge in [-0.15, -0.1) is 5.06 Å². The third-order valence-electron chi connectivity index (χ3n) is 4.16. The Bertz CT molecular complexity index is 465. The number of hydrogen-bond acceptors (Lipinski definition) is 3. The molecule has 0 aromatic heterocycles. The highest BCUT2D eigenvalue weighted by Gasteiger charge is 2.31. The maximum absolute atomic E-state index is 12.5. The standard InChI is InChI=1S/C15H18F3NO2/c1-11(13-6-8-19(9-7-13)21-10-20)12-2-4-14(5-3-12)15(16,17)18/h2-5,10-11,13H,6-9H2,1H3. The summed E-state index contributed by atoms with van der Waals surface area (Å²) in [5.74, 6) is 0.568. The van der Waals surface area contributed by atoms with E-state index in [1.54, 1.807) is 17.2 Å². The molecule has 1 aliphatic heterocycles. The second kappa shape index (κ2) is 6.47. The molecule has 0 aliphatic carbocycles. The lowest BCUT2D eigenvalue weighted by atomic mass is 9.81. The van der Waals surface area contributed by atoms with Crippen LogP contribution < -0.4 is 0 Å². The van der Waals surface area contributed by atoms with Gasteiger partial charge in [0, 0.05) is 13.1 Å². The first-order valence-corrected chi connectivity index (χ1v) is 6.94. The van der Waals surface area contributed by atoms with E-state index in [-0.39, 0.29) is 5.92 Å². The number of carbonyl (C=O) groups is 1. The van der Waals surface area contributed by atoms with Crippen molar-refractivity contribution in [3.63, 3.8) is 0 Å². The molecule has 21 heavy (non-hydrogen) atoms. The molecule has 6 heteroatoms. The first-order valence-electron chi connectivity index (χ1n) is 6.94. The lowest BCUT2D eigenvalue weighted by molar-refractivity contribution is -0.180. The fourth-order valence-corrected chi connectivity index (χ4v) is 2.79. The van der Waals surface area contributed by atoms with Gasteiger partial charge in [-0.3, -0.25) is 4.79 Å². The van der Waals surface area contributed by atoms with Crippen LogP contribution in [0.2, 0.25) is 0 Å². The first kappa shape index (κ1) is 15.8. The normalized spacial score (nSPS) is 19.2. The van der Waals surface area contributed by atoms with E-state index in [4.69, 9.17) is 4.84 Å². The zero-order valence-electron chi connectivity index (χ0n) is 11.8. The molecule has 1 atom stereocenters. The number of hydroxylamine groups is 2. The lowest BCUT2D eigenvalue weighted by Gasteiger charge is -2.33. The number of nitrogens with zero attached hydrogens (tertiary/aromatic N) is 1. The highest BCUT2D eigenvalue weighted by Crippen LogP contribution is 2.34. The summed E-state index contributed by atoms with van der Waals surface area (Å²) >= 11 is 0. The molecule has 116 valence electrons. The Labute approximate surface area is 121 Å². The van der Waals surface area contributed by atoms with E-state index in [0.717, 1.165) is 30.5 Å². The topological polar surface area (TPSA) is 29.5 Å². The van der Waals surface area contributed by atoms with Gasteiger partial charge in [0.15, 0.2) is 0 Å². The third kappa shape index (κ3) is 3.97. The summed E-state index contributed by atoms with van der Waals surface area (Å²) in [4.78, 5) is 15.1. The molecular weight excluding hydrogens is 283 g/mol. The molecule has 1 saturated heterocycles. The highest BCUT2D eigenvalue weighted by molar-refractivity contribution is 5.36. The number of halogens is 3. The van der Waals surface area contributed by atoms with Gasteiger partial charge in [0.1, 0.15) is 0 Å². The second-order valence-corrected chi connectivity index (χ2v) is 5.38. The molecule has 0 N–H and O–H groups in total. The number of alkyl halides is 3. The van der Waals surface area contributed by atoms with E-state index in [1.807, 2.05) is 6.92 Å². The second-order valence-electron chi connectivity index (χ2n) is 5.38. The molecule has 0 spiro atoms. The Balaban J connectivity index is 1.97. The van der Waals surface area contributed by atoms with E-state index in [0.29, 0.717) is 25.5 Å². The van der Waals surface area contributed by atoms with Crippen LogP contribution in [0.4, 0.5) is 13.2 Å². The van der Waals surface area contributed by atoms with Crippen molar-refractivity contribution >= 4 is 6.47 Å². The van der Waals surface area contributed by atoms with Crippen molar-refractivity contribution in [1.29, 1.82) is 0 Å². The molecule has 1 aromatic carbocycles. The molecule has 1 fully saturated rings. The quantitative estimate of drug-likeness (QED) is 0.796. The SMILES string of the molecule is CC(c1ccc(C(F)(F)F)cc1)C1CCN(OC=O)CC1. The van der Waals surface area contributed by atoms with Crippen LogP contribution in [0.1, 0.15) is 36.8 Å². The summed E-state index contributed by atoms with van der Waals surface area (Å²) < 4.78 is 37.6. The number of benzene rings is 1. The largest absolute Gasteiger partial charge is 0.416 e. The predicted molar refractivity (Wildman–Crippen MR) is 71.3 cm³/mol. The van der Waals surface area contributed by atoms with Gasteiger partial charge < -0.3 is 4.84 Å². The van der Waals surface area contributed by atoms with Gasteiger partial charge in [0.25, 0.3) is 0 Å². The number of rotatable bonds is 4. The summed E-state index contributed by atoms with van der Waals surface area (Å²) in [5.41, 5.74) is 0.297. The Morgan fingerprint density at radius 1 is 1.24 bits per heavy atom. The molecular formula is C15H18F3NO2. The Morgan fingerprint density at radius 3 is 2.29 bits per heavy atom. The zero-order chi connectivity index (χ0) is 15.5. The molecule has 1 heterocycles. The van der Waals surface area contributed by atoms with Gasteiger partial charge in [-0.1, -0.05) is 19.1 Å². The van der Waals surface area contributed by atoms with Gasteiger partial charge >= 0.3 is 12.6 Å². The number of hydrogen-bond donors (Lipinski definition) is 0. The van der Waals surface area contributed by atoms with Gasteiger partial charge in [-0.2, -0.15) is 13.2 Å². The Kier molecular flexibility index (Phi) is 4.88. The minimum absolute atomic E-state index is 0.186. The molecule has 1 aromatic rings. The van der Waals surface area contributed by atoms with Crippen LogP contribution in [-0.4, -0.2) is 24.6 Å². The van der Waals surface area contributed by atoms with Gasteiger partial charge in [-0.05, 0) is 42.4 Å². The average molecular weight is 301 g/mol. The van der Waals surface area contributed by atoms with Crippen LogP contribution in [0.3, 0.4) is 0 Å². The highest BCUT2D eigenvalue weighted by atomic mass is 19.4. The molecule has 2 rings (SSSR count). The molecule has 0 amide bonds. The third-order valence-corrected chi connectivity index (χ3v) is 4.16. The van der Waals surface area contributed by atoms with E-state index < -0.39 is 11.7 Å². The molecule has 0 bridgehead atoms. The van der Waals surface area contributed by atoms with Crippen LogP contribution in [0, 0.1) is 5.92 Å². The van der Waals surface area contributed by atoms with Crippen LogP contribution in [0.5, 0.6) is 0 Å². The molecule has 3 nitrogen and oxygen atoms in total. The molecule has 0 saturated carbocycles. The summed E-state index contributed by atoms with van der Waals surface area (Å²) in [6.45, 7) is 3.77. The van der Waals surface area contributed by atoms with Crippen molar-refractivity contribution in [2.45, 2.75) is 31.9 Å². The van der Waals surface area contributed by atoms with E-state index in [9.17, 15) is 18.0 Å². The zero-order valence-corrected chi connectivity index (χ0v) is 11.8. The van der Waals surface area contributed by atoms with Crippen molar-refractivity contribution in [3.8, 4) is 0 Å². The fourth-order valence-electron chi connectivity index (χ4n) is 2.79. The van der Waals surface area contributed by atoms with E-state index >= 15 is 0 Å². The minimum atomic E-state index is -4.29. The summed E-state index contributed by atoms with van der Waals surface area (Å²) in [6, 6.07) is 5.39. The molecule has 1 aliphatic rings. The predicted octanol–water partition coefficient (Wildman–Crippen LogP) is 3.61. The van der Waals surface area contributed by atoms with Crippen LogP contribution in [0.25, 0.3) is 0 Å². The molecule has 1 unspecified atom stereocenters. The lowest BCUT2D eigenvalue weighted by Crippen LogP contribution is -2.35.